The van der Waals surface area contributed by atoms with Gasteiger partial charge in [-0.15, -0.1) is 0 Å². The Morgan fingerprint density at radius 1 is 1.22 bits per heavy atom. The third kappa shape index (κ3) is 3.33. The Kier molecular flexibility index (Phi) is 4.79. The summed E-state index contributed by atoms with van der Waals surface area (Å²) in [5, 5.41) is 12.9. The number of hydrogen-bond acceptors (Lipinski definition) is 2. The summed E-state index contributed by atoms with van der Waals surface area (Å²) in [7, 11) is 0. The van der Waals surface area contributed by atoms with E-state index in [1.54, 1.807) is 0 Å². The topological polar surface area (TPSA) is 32.3 Å². The smallest absolute Gasteiger partial charge is 0.0462 e. The van der Waals surface area contributed by atoms with Gasteiger partial charge in [0.1, 0.15) is 0 Å². The molecule has 0 saturated heterocycles. The van der Waals surface area contributed by atoms with Crippen LogP contribution in [0.2, 0.25) is 0 Å². The second-order valence-electron chi connectivity index (χ2n) is 5.69. The minimum atomic E-state index is 0.357. The molecule has 0 aromatic heterocycles. The van der Waals surface area contributed by atoms with Crippen LogP contribution in [-0.2, 0) is 6.54 Å². The molecule has 0 heterocycles. The van der Waals surface area contributed by atoms with Gasteiger partial charge in [-0.3, -0.25) is 0 Å². The molecule has 1 aliphatic rings. The molecule has 100 valence electrons. The Morgan fingerprint density at radius 3 is 2.78 bits per heavy atom. The van der Waals surface area contributed by atoms with E-state index in [1.165, 1.54) is 36.0 Å². The minimum absolute atomic E-state index is 0.357. The second kappa shape index (κ2) is 6.35. The van der Waals surface area contributed by atoms with E-state index in [9.17, 15) is 5.11 Å². The molecule has 1 aliphatic carbocycles. The lowest BCUT2D eigenvalue weighted by atomic mass is 9.97. The van der Waals surface area contributed by atoms with E-state index in [1.807, 2.05) is 0 Å². The third-order valence-electron chi connectivity index (χ3n) is 4.28. The predicted molar refractivity (Wildman–Crippen MR) is 75.5 cm³/mol. The van der Waals surface area contributed by atoms with Crippen molar-refractivity contribution in [2.24, 2.45) is 11.8 Å². The molecule has 1 aromatic rings. The van der Waals surface area contributed by atoms with E-state index in [0.29, 0.717) is 18.4 Å². The summed E-state index contributed by atoms with van der Waals surface area (Å²) in [6.45, 7) is 6.65. The van der Waals surface area contributed by atoms with Crippen molar-refractivity contribution in [1.82, 2.24) is 5.32 Å². The van der Waals surface area contributed by atoms with Crippen molar-refractivity contribution >= 4 is 0 Å². The molecule has 2 atom stereocenters. The van der Waals surface area contributed by atoms with Crippen molar-refractivity contribution in [1.29, 1.82) is 0 Å². The van der Waals surface area contributed by atoms with E-state index < -0.39 is 0 Å². The zero-order chi connectivity index (χ0) is 13.0. The van der Waals surface area contributed by atoms with Gasteiger partial charge in [-0.25, -0.2) is 0 Å². The molecule has 2 unspecified atom stereocenters. The maximum atomic E-state index is 9.31. The molecular formula is C16H25NO. The standard InChI is InChI=1S/C16H25NO/c1-12-6-7-13(2)16(8-12)10-17-9-14-4-3-5-15(14)11-18/h6-8,14-15,17-18H,3-5,9-11H2,1-2H3. The molecule has 1 aromatic carbocycles. The lowest BCUT2D eigenvalue weighted by Crippen LogP contribution is -2.26. The molecule has 0 amide bonds. The largest absolute Gasteiger partial charge is 0.396 e. The molecular weight excluding hydrogens is 222 g/mol. The van der Waals surface area contributed by atoms with Gasteiger partial charge >= 0.3 is 0 Å². The second-order valence-corrected chi connectivity index (χ2v) is 5.69. The number of benzene rings is 1. The summed E-state index contributed by atoms with van der Waals surface area (Å²) >= 11 is 0. The van der Waals surface area contributed by atoms with Crippen LogP contribution in [0.5, 0.6) is 0 Å². The molecule has 0 aliphatic heterocycles. The average molecular weight is 247 g/mol. The molecule has 18 heavy (non-hydrogen) atoms. The first kappa shape index (κ1) is 13.6. The molecule has 0 bridgehead atoms. The van der Waals surface area contributed by atoms with E-state index in [0.717, 1.165) is 13.1 Å². The van der Waals surface area contributed by atoms with Crippen molar-refractivity contribution in [2.45, 2.75) is 39.7 Å². The number of rotatable bonds is 5. The molecule has 2 heteroatoms. The van der Waals surface area contributed by atoms with Crippen LogP contribution in [0.1, 0.15) is 36.0 Å². The Hall–Kier alpha value is -0.860. The van der Waals surface area contributed by atoms with Gasteiger partial charge in [-0.1, -0.05) is 30.2 Å². The molecule has 0 radical (unpaired) electrons. The summed E-state index contributed by atoms with van der Waals surface area (Å²) in [5.41, 5.74) is 4.08. The van der Waals surface area contributed by atoms with Gasteiger partial charge in [0.25, 0.3) is 0 Å². The average Bonchev–Trinajstić information content (AvgIpc) is 2.81. The highest BCUT2D eigenvalue weighted by Crippen LogP contribution is 2.30. The van der Waals surface area contributed by atoms with Crippen molar-refractivity contribution < 1.29 is 5.11 Å². The van der Waals surface area contributed by atoms with Crippen LogP contribution < -0.4 is 5.32 Å². The Morgan fingerprint density at radius 2 is 2.00 bits per heavy atom. The minimum Gasteiger partial charge on any atom is -0.396 e. The van der Waals surface area contributed by atoms with Crippen LogP contribution in [-0.4, -0.2) is 18.3 Å². The normalized spacial score (nSPS) is 23.5. The molecule has 1 saturated carbocycles. The summed E-state index contributed by atoms with van der Waals surface area (Å²) in [6.07, 6.45) is 3.75. The molecule has 1 fully saturated rings. The summed E-state index contributed by atoms with van der Waals surface area (Å²) in [5.74, 6) is 1.19. The third-order valence-corrected chi connectivity index (χ3v) is 4.28. The SMILES string of the molecule is Cc1ccc(C)c(CNCC2CCCC2CO)c1. The van der Waals surface area contributed by atoms with Gasteiger partial charge in [-0.2, -0.15) is 0 Å². The van der Waals surface area contributed by atoms with Gasteiger partial charge in [-0.05, 0) is 56.2 Å². The summed E-state index contributed by atoms with van der Waals surface area (Å²) < 4.78 is 0. The quantitative estimate of drug-likeness (QED) is 0.838. The first-order valence-electron chi connectivity index (χ1n) is 7.08. The Balaban J connectivity index is 1.83. The maximum Gasteiger partial charge on any atom is 0.0462 e. The lowest BCUT2D eigenvalue weighted by molar-refractivity contribution is 0.192. The zero-order valence-corrected chi connectivity index (χ0v) is 11.6. The Bertz CT molecular complexity index is 389. The predicted octanol–water partition coefficient (Wildman–Crippen LogP) is 2.80. The first-order valence-corrected chi connectivity index (χ1v) is 7.08. The van der Waals surface area contributed by atoms with Crippen molar-refractivity contribution in [3.8, 4) is 0 Å². The van der Waals surface area contributed by atoms with E-state index in [2.05, 4.69) is 37.4 Å². The van der Waals surface area contributed by atoms with Gasteiger partial charge < -0.3 is 10.4 Å². The molecule has 2 N–H and O–H groups in total. The monoisotopic (exact) mass is 247 g/mol. The molecule has 2 nitrogen and oxygen atoms in total. The van der Waals surface area contributed by atoms with Gasteiger partial charge in [0.2, 0.25) is 0 Å². The summed E-state index contributed by atoms with van der Waals surface area (Å²) in [6, 6.07) is 6.62. The van der Waals surface area contributed by atoms with Crippen LogP contribution in [0.4, 0.5) is 0 Å². The van der Waals surface area contributed by atoms with Gasteiger partial charge in [0, 0.05) is 13.2 Å². The van der Waals surface area contributed by atoms with Crippen molar-refractivity contribution in [3.63, 3.8) is 0 Å². The fraction of sp³-hybridized carbons (Fsp3) is 0.625. The first-order chi connectivity index (χ1) is 8.70. The number of hydrogen-bond donors (Lipinski definition) is 2. The van der Waals surface area contributed by atoms with E-state index >= 15 is 0 Å². The highest BCUT2D eigenvalue weighted by Gasteiger charge is 2.25. The van der Waals surface area contributed by atoms with E-state index in [4.69, 9.17) is 0 Å². The number of aliphatic hydroxyl groups excluding tert-OH is 1. The van der Waals surface area contributed by atoms with Crippen molar-refractivity contribution in [3.05, 3.63) is 34.9 Å². The number of aryl methyl sites for hydroxylation is 2. The molecule has 2 rings (SSSR count). The van der Waals surface area contributed by atoms with Crippen LogP contribution in [0.3, 0.4) is 0 Å². The zero-order valence-electron chi connectivity index (χ0n) is 11.6. The highest BCUT2D eigenvalue weighted by molar-refractivity contribution is 5.30. The van der Waals surface area contributed by atoms with Gasteiger partial charge in [0.05, 0.1) is 0 Å². The summed E-state index contributed by atoms with van der Waals surface area (Å²) in [4.78, 5) is 0. The number of aliphatic hydroxyl groups is 1. The lowest BCUT2D eigenvalue weighted by Gasteiger charge is -2.18. The van der Waals surface area contributed by atoms with Gasteiger partial charge in [0.15, 0.2) is 0 Å². The highest BCUT2D eigenvalue weighted by atomic mass is 16.3. The molecule has 0 spiro atoms. The van der Waals surface area contributed by atoms with Crippen LogP contribution in [0.25, 0.3) is 0 Å². The van der Waals surface area contributed by atoms with Crippen molar-refractivity contribution in [2.75, 3.05) is 13.2 Å². The fourth-order valence-corrected chi connectivity index (χ4v) is 3.01. The Labute approximate surface area is 110 Å². The van der Waals surface area contributed by atoms with Crippen LogP contribution in [0, 0.1) is 25.7 Å². The fourth-order valence-electron chi connectivity index (χ4n) is 3.01. The number of nitrogens with one attached hydrogen (secondary N) is 1. The maximum absolute atomic E-state index is 9.31. The van der Waals surface area contributed by atoms with Crippen LogP contribution in [0.15, 0.2) is 18.2 Å². The van der Waals surface area contributed by atoms with Crippen LogP contribution >= 0.6 is 0 Å². The van der Waals surface area contributed by atoms with E-state index in [-0.39, 0.29) is 0 Å².